The van der Waals surface area contributed by atoms with E-state index in [-0.39, 0.29) is 11.5 Å². The lowest BCUT2D eigenvalue weighted by atomic mass is 10.0. The minimum atomic E-state index is -2.87. The third-order valence-electron chi connectivity index (χ3n) is 6.14. The molecule has 5 nitrogen and oxygen atoms in total. The molecule has 2 aromatic carbocycles. The molecule has 1 aliphatic rings. The summed E-state index contributed by atoms with van der Waals surface area (Å²) < 4.78 is 41.0. The van der Waals surface area contributed by atoms with Gasteiger partial charge in [0, 0.05) is 61.1 Å². The van der Waals surface area contributed by atoms with Gasteiger partial charge in [-0.25, -0.2) is 13.2 Å². The topological polar surface area (TPSA) is 48.5 Å². The fourth-order valence-corrected chi connectivity index (χ4v) is 4.32. The first-order chi connectivity index (χ1) is 15.7. The number of hydrogen-bond acceptors (Lipinski definition) is 4. The first kappa shape index (κ1) is 22.9. The highest BCUT2D eigenvalue weighted by molar-refractivity contribution is 5.94. The van der Waals surface area contributed by atoms with Crippen molar-refractivity contribution in [2.75, 3.05) is 36.4 Å². The predicted molar refractivity (Wildman–Crippen MR) is 124 cm³/mol. The van der Waals surface area contributed by atoms with Gasteiger partial charge in [-0.2, -0.15) is 0 Å². The van der Waals surface area contributed by atoms with E-state index >= 15 is 0 Å². The minimum Gasteiger partial charge on any atom is -0.378 e. The molecule has 1 aromatic heterocycles. The number of rotatable bonds is 5. The first-order valence-corrected chi connectivity index (χ1v) is 11.0. The van der Waals surface area contributed by atoms with E-state index in [1.807, 2.05) is 36.1 Å². The van der Waals surface area contributed by atoms with E-state index < -0.39 is 23.8 Å². The minimum absolute atomic E-state index is 0.0800. The number of halogens is 3. The van der Waals surface area contributed by atoms with Gasteiger partial charge in [0.05, 0.1) is 17.1 Å². The number of amides is 1. The van der Waals surface area contributed by atoms with E-state index in [0.717, 1.165) is 47.1 Å². The van der Waals surface area contributed by atoms with Gasteiger partial charge < -0.3 is 15.1 Å². The standard InChI is InChI=1S/C25H27F3N4O/c1-15-13-23(30-16(2)19-5-4-6-20(24(19)26)25(27)28)21-14-18(7-8-22(21)29-15)32-11-9-31(10-12-32)17(3)33/h4-8,13-14,16,25H,9-12H2,1-3H3,(H,29,30)/t16-/m1/s1. The van der Waals surface area contributed by atoms with Gasteiger partial charge in [-0.3, -0.25) is 9.78 Å². The molecular formula is C25H27F3N4O. The number of nitrogens with one attached hydrogen (secondary N) is 1. The van der Waals surface area contributed by atoms with Crippen molar-refractivity contribution in [2.45, 2.75) is 33.2 Å². The molecule has 3 aromatic rings. The maximum absolute atomic E-state index is 14.7. The Balaban J connectivity index is 1.64. The monoisotopic (exact) mass is 456 g/mol. The van der Waals surface area contributed by atoms with Gasteiger partial charge in [-0.1, -0.05) is 18.2 Å². The van der Waals surface area contributed by atoms with E-state index in [1.54, 1.807) is 13.8 Å². The molecule has 4 rings (SSSR count). The Morgan fingerprint density at radius 2 is 1.76 bits per heavy atom. The summed E-state index contributed by atoms with van der Waals surface area (Å²) in [6.07, 6.45) is -2.87. The summed E-state index contributed by atoms with van der Waals surface area (Å²) >= 11 is 0. The maximum atomic E-state index is 14.7. The summed E-state index contributed by atoms with van der Waals surface area (Å²) in [7, 11) is 0. The van der Waals surface area contributed by atoms with Crippen LogP contribution in [0.5, 0.6) is 0 Å². The molecule has 1 N–H and O–H groups in total. The van der Waals surface area contributed by atoms with E-state index in [0.29, 0.717) is 13.1 Å². The van der Waals surface area contributed by atoms with Crippen LogP contribution in [-0.2, 0) is 4.79 Å². The fourth-order valence-electron chi connectivity index (χ4n) is 4.32. The van der Waals surface area contributed by atoms with Gasteiger partial charge in [-0.05, 0) is 38.1 Å². The van der Waals surface area contributed by atoms with Crippen LogP contribution in [0.2, 0.25) is 0 Å². The van der Waals surface area contributed by atoms with Crippen molar-refractivity contribution in [1.29, 1.82) is 0 Å². The highest BCUT2D eigenvalue weighted by atomic mass is 19.3. The van der Waals surface area contributed by atoms with Gasteiger partial charge in [0.2, 0.25) is 5.91 Å². The van der Waals surface area contributed by atoms with Crippen LogP contribution in [0, 0.1) is 12.7 Å². The molecule has 0 saturated carbocycles. The second-order valence-electron chi connectivity index (χ2n) is 8.42. The van der Waals surface area contributed by atoms with Crippen molar-refractivity contribution >= 4 is 28.2 Å². The van der Waals surface area contributed by atoms with Gasteiger partial charge >= 0.3 is 0 Å². The van der Waals surface area contributed by atoms with E-state index in [1.165, 1.54) is 12.1 Å². The normalized spacial score (nSPS) is 15.2. The Morgan fingerprint density at radius 3 is 2.42 bits per heavy atom. The van der Waals surface area contributed by atoms with Crippen LogP contribution in [0.15, 0.2) is 42.5 Å². The number of carbonyl (C=O) groups is 1. The number of aryl methyl sites for hydroxylation is 1. The number of aromatic nitrogens is 1. The zero-order valence-corrected chi connectivity index (χ0v) is 18.9. The molecule has 2 heterocycles. The lowest BCUT2D eigenvalue weighted by Crippen LogP contribution is -2.48. The van der Waals surface area contributed by atoms with Crippen LogP contribution < -0.4 is 10.2 Å². The molecule has 0 aliphatic carbocycles. The smallest absolute Gasteiger partial charge is 0.266 e. The number of fused-ring (bicyclic) bond motifs is 1. The number of piperazine rings is 1. The third-order valence-corrected chi connectivity index (χ3v) is 6.14. The molecule has 1 atom stereocenters. The summed E-state index contributed by atoms with van der Waals surface area (Å²) in [6, 6.07) is 11.4. The Bertz CT molecular complexity index is 1180. The SMILES string of the molecule is CC(=O)N1CCN(c2ccc3nc(C)cc(N[C@H](C)c4cccc(C(F)F)c4F)c3c2)CC1. The van der Waals surface area contributed by atoms with Crippen molar-refractivity contribution in [3.05, 3.63) is 65.1 Å². The molecule has 33 heavy (non-hydrogen) atoms. The summed E-state index contributed by atoms with van der Waals surface area (Å²) in [5.41, 5.74) is 2.95. The van der Waals surface area contributed by atoms with E-state index in [4.69, 9.17) is 0 Å². The van der Waals surface area contributed by atoms with Crippen LogP contribution in [-0.4, -0.2) is 42.0 Å². The lowest BCUT2D eigenvalue weighted by Gasteiger charge is -2.35. The Kier molecular flexibility index (Phi) is 6.44. The van der Waals surface area contributed by atoms with Crippen LogP contribution >= 0.6 is 0 Å². The summed E-state index contributed by atoms with van der Waals surface area (Å²) in [5.74, 6) is -0.803. The second-order valence-corrected chi connectivity index (χ2v) is 8.42. The Labute approximate surface area is 191 Å². The molecular weight excluding hydrogens is 429 g/mol. The van der Waals surface area contributed by atoms with Crippen molar-refractivity contribution in [2.24, 2.45) is 0 Å². The van der Waals surface area contributed by atoms with Crippen LogP contribution in [0.3, 0.4) is 0 Å². The Morgan fingerprint density at radius 1 is 1.06 bits per heavy atom. The average molecular weight is 457 g/mol. The van der Waals surface area contributed by atoms with Crippen LogP contribution in [0.25, 0.3) is 10.9 Å². The second kappa shape index (κ2) is 9.29. The number of pyridine rings is 1. The van der Waals surface area contributed by atoms with Gasteiger partial charge in [0.25, 0.3) is 6.43 Å². The van der Waals surface area contributed by atoms with E-state index in [9.17, 15) is 18.0 Å². The number of hydrogen-bond donors (Lipinski definition) is 1. The lowest BCUT2D eigenvalue weighted by molar-refractivity contribution is -0.129. The number of carbonyl (C=O) groups excluding carboxylic acids is 1. The molecule has 0 unspecified atom stereocenters. The summed E-state index contributed by atoms with van der Waals surface area (Å²) in [6.45, 7) is 8.01. The third kappa shape index (κ3) is 4.74. The molecule has 0 bridgehead atoms. The van der Waals surface area contributed by atoms with Gasteiger partial charge in [-0.15, -0.1) is 0 Å². The van der Waals surface area contributed by atoms with Crippen molar-refractivity contribution in [3.63, 3.8) is 0 Å². The molecule has 8 heteroatoms. The van der Waals surface area contributed by atoms with Crippen molar-refractivity contribution in [1.82, 2.24) is 9.88 Å². The van der Waals surface area contributed by atoms with Gasteiger partial charge in [0.15, 0.2) is 0 Å². The molecule has 1 fully saturated rings. The zero-order chi connectivity index (χ0) is 23.7. The molecule has 0 spiro atoms. The fraction of sp³-hybridized carbons (Fsp3) is 0.360. The van der Waals surface area contributed by atoms with E-state index in [2.05, 4.69) is 15.2 Å². The van der Waals surface area contributed by atoms with Gasteiger partial charge in [0.1, 0.15) is 5.82 Å². The Hall–Kier alpha value is -3.29. The molecule has 1 saturated heterocycles. The highest BCUT2D eigenvalue weighted by Crippen LogP contribution is 2.33. The molecule has 1 aliphatic heterocycles. The zero-order valence-electron chi connectivity index (χ0n) is 18.9. The van der Waals surface area contributed by atoms with Crippen LogP contribution in [0.1, 0.15) is 43.1 Å². The first-order valence-electron chi connectivity index (χ1n) is 11.0. The number of alkyl halides is 2. The van der Waals surface area contributed by atoms with Crippen LogP contribution in [0.4, 0.5) is 24.5 Å². The largest absolute Gasteiger partial charge is 0.378 e. The predicted octanol–water partition coefficient (Wildman–Crippen LogP) is 5.46. The quantitative estimate of drug-likeness (QED) is 0.554. The van der Waals surface area contributed by atoms with Crippen molar-refractivity contribution in [3.8, 4) is 0 Å². The average Bonchev–Trinajstić information content (AvgIpc) is 2.78. The van der Waals surface area contributed by atoms with Crippen molar-refractivity contribution < 1.29 is 18.0 Å². The highest BCUT2D eigenvalue weighted by Gasteiger charge is 2.21. The maximum Gasteiger partial charge on any atom is 0.266 e. The number of benzene rings is 2. The number of nitrogens with zero attached hydrogens (tertiary/aromatic N) is 3. The number of anilines is 2. The molecule has 174 valence electrons. The summed E-state index contributed by atoms with van der Waals surface area (Å²) in [5, 5.41) is 4.17. The summed E-state index contributed by atoms with van der Waals surface area (Å²) in [4.78, 5) is 20.3. The molecule has 0 radical (unpaired) electrons. The molecule has 1 amide bonds.